The average molecular weight is 447 g/mol. The summed E-state index contributed by atoms with van der Waals surface area (Å²) in [6.45, 7) is 4.27. The molecule has 2 amide bonds. The predicted molar refractivity (Wildman–Crippen MR) is 128 cm³/mol. The molecule has 0 fully saturated rings. The number of aryl methyl sites for hydroxylation is 1. The van der Waals surface area contributed by atoms with Gasteiger partial charge in [-0.15, -0.1) is 0 Å². The Labute approximate surface area is 195 Å². The van der Waals surface area contributed by atoms with Gasteiger partial charge in [0.2, 0.25) is 5.91 Å². The third-order valence-electron chi connectivity index (χ3n) is 5.37. The summed E-state index contributed by atoms with van der Waals surface area (Å²) in [4.78, 5) is 27.6. The standard InChI is InChI=1S/C27H30N2O4/c1-20-9-11-22(12-10-20)17-28-27(31)21(2)29(18-23-13-15-24(32-3)16-14-23)26(30)19-33-25-7-5-4-6-8-25/h4-16,21H,17-19H2,1-3H3,(H,28,31)/t21-/m0/s1. The van der Waals surface area contributed by atoms with Crippen molar-refractivity contribution in [2.45, 2.75) is 33.0 Å². The van der Waals surface area contributed by atoms with Crippen LogP contribution in [0.25, 0.3) is 0 Å². The third-order valence-corrected chi connectivity index (χ3v) is 5.37. The number of amides is 2. The first kappa shape index (κ1) is 23.9. The van der Waals surface area contributed by atoms with Crippen LogP contribution in [0.1, 0.15) is 23.6 Å². The van der Waals surface area contributed by atoms with Gasteiger partial charge in [-0.05, 0) is 49.2 Å². The Hall–Kier alpha value is -3.80. The van der Waals surface area contributed by atoms with Gasteiger partial charge in [0.15, 0.2) is 6.61 Å². The lowest BCUT2D eigenvalue weighted by molar-refractivity contribution is -0.142. The summed E-state index contributed by atoms with van der Waals surface area (Å²) in [5, 5.41) is 2.94. The molecule has 3 aromatic carbocycles. The van der Waals surface area contributed by atoms with Gasteiger partial charge in [0.1, 0.15) is 17.5 Å². The Morgan fingerprint density at radius 1 is 0.879 bits per heavy atom. The Kier molecular flexibility index (Phi) is 8.47. The molecule has 0 heterocycles. The van der Waals surface area contributed by atoms with Crippen molar-refractivity contribution in [2.75, 3.05) is 13.7 Å². The number of para-hydroxylation sites is 1. The van der Waals surface area contributed by atoms with Crippen molar-refractivity contribution in [1.82, 2.24) is 10.2 Å². The zero-order chi connectivity index (χ0) is 23.6. The summed E-state index contributed by atoms with van der Waals surface area (Å²) >= 11 is 0. The number of carbonyl (C=O) groups excluding carboxylic acids is 2. The van der Waals surface area contributed by atoms with Crippen molar-refractivity contribution in [3.63, 3.8) is 0 Å². The smallest absolute Gasteiger partial charge is 0.261 e. The number of hydrogen-bond acceptors (Lipinski definition) is 4. The van der Waals surface area contributed by atoms with Crippen LogP contribution in [0.15, 0.2) is 78.9 Å². The van der Waals surface area contributed by atoms with Crippen molar-refractivity contribution < 1.29 is 19.1 Å². The molecule has 0 aliphatic rings. The van der Waals surface area contributed by atoms with E-state index in [2.05, 4.69) is 5.32 Å². The first-order chi connectivity index (χ1) is 16.0. The largest absolute Gasteiger partial charge is 0.497 e. The van der Waals surface area contributed by atoms with Crippen LogP contribution < -0.4 is 14.8 Å². The summed E-state index contributed by atoms with van der Waals surface area (Å²) in [7, 11) is 1.60. The molecule has 6 nitrogen and oxygen atoms in total. The van der Waals surface area contributed by atoms with Crippen molar-refractivity contribution in [2.24, 2.45) is 0 Å². The van der Waals surface area contributed by atoms with Crippen LogP contribution >= 0.6 is 0 Å². The van der Waals surface area contributed by atoms with Crippen LogP contribution in [-0.2, 0) is 22.7 Å². The molecule has 3 aromatic rings. The molecular weight excluding hydrogens is 416 g/mol. The lowest BCUT2D eigenvalue weighted by atomic mass is 10.1. The lowest BCUT2D eigenvalue weighted by Gasteiger charge is -2.29. The van der Waals surface area contributed by atoms with E-state index in [0.29, 0.717) is 12.3 Å². The SMILES string of the molecule is COc1ccc(CN(C(=O)COc2ccccc2)[C@@H](C)C(=O)NCc2ccc(C)cc2)cc1. The average Bonchev–Trinajstić information content (AvgIpc) is 2.86. The Morgan fingerprint density at radius 3 is 2.15 bits per heavy atom. The zero-order valence-corrected chi connectivity index (χ0v) is 19.3. The van der Waals surface area contributed by atoms with Gasteiger partial charge in [-0.3, -0.25) is 9.59 Å². The van der Waals surface area contributed by atoms with E-state index >= 15 is 0 Å². The van der Waals surface area contributed by atoms with E-state index in [-0.39, 0.29) is 25.0 Å². The number of methoxy groups -OCH3 is 1. The Bertz CT molecular complexity index is 1030. The summed E-state index contributed by atoms with van der Waals surface area (Å²) in [5.41, 5.74) is 3.05. The second-order valence-corrected chi connectivity index (χ2v) is 7.85. The van der Waals surface area contributed by atoms with Gasteiger partial charge in [-0.25, -0.2) is 0 Å². The fourth-order valence-corrected chi connectivity index (χ4v) is 3.30. The number of carbonyl (C=O) groups is 2. The molecule has 0 unspecified atom stereocenters. The Balaban J connectivity index is 1.69. The van der Waals surface area contributed by atoms with Crippen LogP contribution in [0.5, 0.6) is 11.5 Å². The highest BCUT2D eigenvalue weighted by Crippen LogP contribution is 2.16. The molecule has 1 atom stereocenters. The van der Waals surface area contributed by atoms with Crippen LogP contribution in [-0.4, -0.2) is 36.5 Å². The predicted octanol–water partition coefficient (Wildman–Crippen LogP) is 4.12. The third kappa shape index (κ3) is 7.10. The molecule has 0 aliphatic carbocycles. The zero-order valence-electron chi connectivity index (χ0n) is 19.3. The molecule has 1 N–H and O–H groups in total. The maximum absolute atomic E-state index is 13.1. The monoisotopic (exact) mass is 446 g/mol. The van der Waals surface area contributed by atoms with Crippen LogP contribution in [0.4, 0.5) is 0 Å². The van der Waals surface area contributed by atoms with Gasteiger partial charge in [-0.1, -0.05) is 60.2 Å². The van der Waals surface area contributed by atoms with E-state index in [9.17, 15) is 9.59 Å². The fourth-order valence-electron chi connectivity index (χ4n) is 3.30. The molecule has 3 rings (SSSR count). The van der Waals surface area contributed by atoms with E-state index in [1.54, 1.807) is 26.2 Å². The number of ether oxygens (including phenoxy) is 2. The van der Waals surface area contributed by atoms with Gasteiger partial charge in [0, 0.05) is 13.1 Å². The fraction of sp³-hybridized carbons (Fsp3) is 0.259. The molecule has 6 heteroatoms. The highest BCUT2D eigenvalue weighted by atomic mass is 16.5. The number of benzene rings is 3. The molecular formula is C27H30N2O4. The van der Waals surface area contributed by atoms with Gasteiger partial charge in [0.25, 0.3) is 5.91 Å². The summed E-state index contributed by atoms with van der Waals surface area (Å²) in [6.07, 6.45) is 0. The van der Waals surface area contributed by atoms with Crippen molar-refractivity contribution >= 4 is 11.8 Å². The van der Waals surface area contributed by atoms with Gasteiger partial charge < -0.3 is 19.7 Å². The molecule has 0 radical (unpaired) electrons. The molecule has 0 spiro atoms. The lowest BCUT2D eigenvalue weighted by Crippen LogP contribution is -2.48. The maximum atomic E-state index is 13.1. The first-order valence-corrected chi connectivity index (χ1v) is 10.9. The Morgan fingerprint density at radius 2 is 1.52 bits per heavy atom. The summed E-state index contributed by atoms with van der Waals surface area (Å²) in [5.74, 6) is 0.837. The minimum absolute atomic E-state index is 0.157. The molecule has 172 valence electrons. The van der Waals surface area contributed by atoms with E-state index in [0.717, 1.165) is 22.4 Å². The number of nitrogens with zero attached hydrogens (tertiary/aromatic N) is 1. The first-order valence-electron chi connectivity index (χ1n) is 10.9. The van der Waals surface area contributed by atoms with E-state index in [1.807, 2.05) is 73.7 Å². The normalized spacial score (nSPS) is 11.4. The van der Waals surface area contributed by atoms with E-state index in [1.165, 1.54) is 4.90 Å². The van der Waals surface area contributed by atoms with Crippen LogP contribution in [0.2, 0.25) is 0 Å². The van der Waals surface area contributed by atoms with E-state index in [4.69, 9.17) is 9.47 Å². The highest BCUT2D eigenvalue weighted by molar-refractivity contribution is 5.88. The van der Waals surface area contributed by atoms with Crippen LogP contribution in [0, 0.1) is 6.92 Å². The molecule has 0 aliphatic heterocycles. The maximum Gasteiger partial charge on any atom is 0.261 e. The highest BCUT2D eigenvalue weighted by Gasteiger charge is 2.26. The minimum Gasteiger partial charge on any atom is -0.497 e. The van der Waals surface area contributed by atoms with Crippen molar-refractivity contribution in [1.29, 1.82) is 0 Å². The second-order valence-electron chi connectivity index (χ2n) is 7.85. The molecule has 0 saturated heterocycles. The molecule has 0 aromatic heterocycles. The summed E-state index contributed by atoms with van der Waals surface area (Å²) in [6, 6.07) is 23.9. The summed E-state index contributed by atoms with van der Waals surface area (Å²) < 4.78 is 10.9. The number of hydrogen-bond donors (Lipinski definition) is 1. The van der Waals surface area contributed by atoms with Crippen molar-refractivity contribution in [3.05, 3.63) is 95.6 Å². The van der Waals surface area contributed by atoms with Crippen molar-refractivity contribution in [3.8, 4) is 11.5 Å². The second kappa shape index (κ2) is 11.7. The number of rotatable bonds is 10. The quantitative estimate of drug-likeness (QED) is 0.509. The van der Waals surface area contributed by atoms with Crippen LogP contribution in [0.3, 0.4) is 0 Å². The molecule has 33 heavy (non-hydrogen) atoms. The number of nitrogens with one attached hydrogen (secondary N) is 1. The van der Waals surface area contributed by atoms with E-state index < -0.39 is 6.04 Å². The van der Waals surface area contributed by atoms with Gasteiger partial charge >= 0.3 is 0 Å². The van der Waals surface area contributed by atoms with Gasteiger partial charge in [0.05, 0.1) is 7.11 Å². The minimum atomic E-state index is -0.676. The molecule has 0 saturated carbocycles. The topological polar surface area (TPSA) is 67.9 Å². The van der Waals surface area contributed by atoms with Gasteiger partial charge in [-0.2, -0.15) is 0 Å². The molecule has 0 bridgehead atoms.